The molecule has 0 radical (unpaired) electrons. The molecule has 0 spiro atoms. The van der Waals surface area contributed by atoms with Crippen molar-refractivity contribution < 1.29 is 9.59 Å². The van der Waals surface area contributed by atoms with Crippen molar-refractivity contribution >= 4 is 62.5 Å². The third-order valence-electron chi connectivity index (χ3n) is 5.43. The molecule has 9 heteroatoms. The Balaban J connectivity index is 0.000000442. The van der Waals surface area contributed by atoms with Crippen molar-refractivity contribution in [3.05, 3.63) is 62.8 Å². The highest BCUT2D eigenvalue weighted by atomic mass is 79.9. The molecule has 0 unspecified atom stereocenters. The minimum absolute atomic E-state index is 0.224. The van der Waals surface area contributed by atoms with E-state index >= 15 is 0 Å². The van der Waals surface area contributed by atoms with Crippen molar-refractivity contribution in [2.24, 2.45) is 0 Å². The molecule has 1 aliphatic heterocycles. The molecule has 0 saturated carbocycles. The average molecular weight is 552 g/mol. The van der Waals surface area contributed by atoms with Gasteiger partial charge in [0.2, 0.25) is 0 Å². The molecule has 176 valence electrons. The first kappa shape index (κ1) is 25.7. The minimum Gasteiger partial charge on any atom is -0.342 e. The van der Waals surface area contributed by atoms with Crippen LogP contribution in [0.25, 0.3) is 11.0 Å². The molecule has 1 aromatic heterocycles. The predicted molar refractivity (Wildman–Crippen MR) is 141 cm³/mol. The highest BCUT2D eigenvalue weighted by Crippen LogP contribution is 2.23. The number of halogens is 2. The van der Waals surface area contributed by atoms with Crippen LogP contribution < -0.4 is 5.32 Å². The van der Waals surface area contributed by atoms with E-state index in [1.54, 1.807) is 36.0 Å². The standard InChI is InChI=1S/C19H17BrClN3O2S.C5H11N/c1-27-7-6-16(18-22-15-5-4-13(21)9-17(15)23-18)24-19(26)11-2-3-12(10-25)14(20)8-11;1-6-4-2-3-5-6/h2-5,8-10,16H,6-7H2,1H3,(H,22,23)(H,24,26);2-5H2,1H3/t16-;/m0./s1. The van der Waals surface area contributed by atoms with E-state index in [0.29, 0.717) is 26.4 Å². The normalized spacial score (nSPS) is 14.5. The number of imidazole rings is 1. The van der Waals surface area contributed by atoms with E-state index in [-0.39, 0.29) is 11.9 Å². The number of H-pyrrole nitrogens is 1. The number of hydrogen-bond donors (Lipinski definition) is 2. The first-order valence-corrected chi connectivity index (χ1v) is 13.4. The van der Waals surface area contributed by atoms with E-state index in [9.17, 15) is 9.59 Å². The van der Waals surface area contributed by atoms with Crippen molar-refractivity contribution in [1.29, 1.82) is 0 Å². The van der Waals surface area contributed by atoms with Crippen molar-refractivity contribution in [2.45, 2.75) is 25.3 Å². The summed E-state index contributed by atoms with van der Waals surface area (Å²) in [6.45, 7) is 2.64. The molecule has 33 heavy (non-hydrogen) atoms. The van der Waals surface area contributed by atoms with Gasteiger partial charge in [-0.25, -0.2) is 4.98 Å². The maximum Gasteiger partial charge on any atom is 0.251 e. The lowest BCUT2D eigenvalue weighted by Gasteiger charge is -2.16. The Labute approximate surface area is 212 Å². The number of nitrogens with zero attached hydrogens (tertiary/aromatic N) is 2. The zero-order valence-electron chi connectivity index (χ0n) is 18.7. The van der Waals surface area contributed by atoms with Crippen LogP contribution in [0.15, 0.2) is 40.9 Å². The Morgan fingerprint density at radius 3 is 2.67 bits per heavy atom. The Hall–Kier alpha value is -1.87. The Kier molecular flexibility index (Phi) is 9.79. The Morgan fingerprint density at radius 1 is 1.30 bits per heavy atom. The largest absolute Gasteiger partial charge is 0.342 e. The lowest BCUT2D eigenvalue weighted by Crippen LogP contribution is -2.29. The Morgan fingerprint density at radius 2 is 2.06 bits per heavy atom. The summed E-state index contributed by atoms with van der Waals surface area (Å²) >= 11 is 11.1. The van der Waals surface area contributed by atoms with Gasteiger partial charge in [-0.1, -0.05) is 27.5 Å². The van der Waals surface area contributed by atoms with Gasteiger partial charge in [-0.3, -0.25) is 9.59 Å². The van der Waals surface area contributed by atoms with Crippen LogP contribution in [0.5, 0.6) is 0 Å². The second-order valence-corrected chi connectivity index (χ2v) is 10.2. The third kappa shape index (κ3) is 7.30. The number of benzene rings is 2. The summed E-state index contributed by atoms with van der Waals surface area (Å²) in [4.78, 5) is 33.9. The van der Waals surface area contributed by atoms with Crippen LogP contribution in [0.4, 0.5) is 0 Å². The topological polar surface area (TPSA) is 78.1 Å². The SMILES string of the molecule is CN1CCCC1.CSCC[C@H](NC(=O)c1ccc(C=O)c(Br)c1)c1nc2ccc(Cl)cc2[nH]1. The fourth-order valence-corrected chi connectivity index (χ4v) is 4.68. The first-order chi connectivity index (χ1) is 15.9. The number of likely N-dealkylation sites (tertiary alicyclic amines) is 1. The number of aldehydes is 1. The summed E-state index contributed by atoms with van der Waals surface area (Å²) in [7, 11) is 2.17. The molecule has 1 aliphatic rings. The number of rotatable bonds is 7. The van der Waals surface area contributed by atoms with Gasteiger partial charge >= 0.3 is 0 Å². The number of nitrogens with one attached hydrogen (secondary N) is 2. The number of thioether (sulfide) groups is 1. The maximum absolute atomic E-state index is 12.7. The van der Waals surface area contributed by atoms with E-state index in [1.165, 1.54) is 25.9 Å². The van der Waals surface area contributed by atoms with Crippen LogP contribution >= 0.6 is 39.3 Å². The fourth-order valence-electron chi connectivity index (χ4n) is 3.56. The first-order valence-electron chi connectivity index (χ1n) is 10.8. The minimum atomic E-state index is -0.263. The van der Waals surface area contributed by atoms with Crippen molar-refractivity contribution in [2.75, 3.05) is 32.1 Å². The number of carbonyl (C=O) groups excluding carboxylic acids is 2. The smallest absolute Gasteiger partial charge is 0.251 e. The number of hydrogen-bond acceptors (Lipinski definition) is 5. The summed E-state index contributed by atoms with van der Waals surface area (Å²) in [6, 6.07) is 10.1. The lowest BCUT2D eigenvalue weighted by atomic mass is 10.1. The average Bonchev–Trinajstić information content (AvgIpc) is 3.45. The molecule has 0 bridgehead atoms. The number of aromatic nitrogens is 2. The van der Waals surface area contributed by atoms with Crippen LogP contribution in [0.2, 0.25) is 5.02 Å². The van der Waals surface area contributed by atoms with Crippen LogP contribution in [0.3, 0.4) is 0 Å². The molecule has 2 heterocycles. The summed E-state index contributed by atoms with van der Waals surface area (Å²) in [6.07, 6.45) is 6.32. The van der Waals surface area contributed by atoms with Crippen molar-refractivity contribution in [1.82, 2.24) is 20.2 Å². The summed E-state index contributed by atoms with van der Waals surface area (Å²) < 4.78 is 0.587. The molecule has 4 rings (SSSR count). The number of amides is 1. The van der Waals surface area contributed by atoms with Crippen molar-refractivity contribution in [3.63, 3.8) is 0 Å². The maximum atomic E-state index is 12.7. The van der Waals surface area contributed by atoms with Gasteiger partial charge in [0, 0.05) is 20.6 Å². The second-order valence-electron chi connectivity index (χ2n) is 7.96. The molecule has 3 aromatic rings. The number of fused-ring (bicyclic) bond motifs is 1. The van der Waals surface area contributed by atoms with E-state index in [4.69, 9.17) is 11.6 Å². The molecule has 1 saturated heterocycles. The molecule has 6 nitrogen and oxygen atoms in total. The Bertz CT molecular complexity index is 1100. The van der Waals surface area contributed by atoms with Gasteiger partial charge in [-0.2, -0.15) is 11.8 Å². The van der Waals surface area contributed by atoms with E-state index in [2.05, 4.69) is 43.2 Å². The molecule has 1 fully saturated rings. The third-order valence-corrected chi connectivity index (χ3v) is 6.99. The molecule has 2 N–H and O–H groups in total. The number of aromatic amines is 1. The van der Waals surface area contributed by atoms with Crippen LogP contribution in [-0.4, -0.2) is 59.2 Å². The van der Waals surface area contributed by atoms with E-state index < -0.39 is 0 Å². The van der Waals surface area contributed by atoms with Crippen LogP contribution in [0.1, 0.15) is 51.8 Å². The van der Waals surface area contributed by atoms with E-state index in [1.807, 2.05) is 18.4 Å². The van der Waals surface area contributed by atoms with Gasteiger partial charge in [0.15, 0.2) is 6.29 Å². The second kappa shape index (κ2) is 12.6. The van der Waals surface area contributed by atoms with Gasteiger partial charge in [-0.15, -0.1) is 0 Å². The highest BCUT2D eigenvalue weighted by molar-refractivity contribution is 9.10. The zero-order chi connectivity index (χ0) is 23.8. The summed E-state index contributed by atoms with van der Waals surface area (Å²) in [5.74, 6) is 1.34. The van der Waals surface area contributed by atoms with Gasteiger partial charge < -0.3 is 15.2 Å². The van der Waals surface area contributed by atoms with Crippen molar-refractivity contribution in [3.8, 4) is 0 Å². The van der Waals surface area contributed by atoms with Gasteiger partial charge in [0.1, 0.15) is 5.82 Å². The lowest BCUT2D eigenvalue weighted by molar-refractivity contribution is 0.0933. The predicted octanol–water partition coefficient (Wildman–Crippen LogP) is 5.73. The molecule has 1 atom stereocenters. The van der Waals surface area contributed by atoms with Gasteiger partial charge in [0.05, 0.1) is 17.1 Å². The zero-order valence-corrected chi connectivity index (χ0v) is 21.9. The fraction of sp³-hybridized carbons (Fsp3) is 0.375. The molecule has 2 aromatic carbocycles. The summed E-state index contributed by atoms with van der Waals surface area (Å²) in [5, 5.41) is 3.66. The molecular weight excluding hydrogens is 524 g/mol. The molecular formula is C24H28BrClN4O2S. The monoisotopic (exact) mass is 550 g/mol. The summed E-state index contributed by atoms with van der Waals surface area (Å²) in [5.41, 5.74) is 2.61. The highest BCUT2D eigenvalue weighted by Gasteiger charge is 2.20. The molecule has 1 amide bonds. The number of carbonyl (C=O) groups is 2. The van der Waals surface area contributed by atoms with Crippen LogP contribution in [0, 0.1) is 0 Å². The van der Waals surface area contributed by atoms with E-state index in [0.717, 1.165) is 29.5 Å². The van der Waals surface area contributed by atoms with Gasteiger partial charge in [0.25, 0.3) is 5.91 Å². The van der Waals surface area contributed by atoms with Gasteiger partial charge in [-0.05, 0) is 87.8 Å². The quantitative estimate of drug-likeness (QED) is 0.367. The van der Waals surface area contributed by atoms with Crippen LogP contribution in [-0.2, 0) is 0 Å². The molecule has 0 aliphatic carbocycles.